The molecule has 0 saturated carbocycles. The van der Waals surface area contributed by atoms with Crippen LogP contribution in [0, 0.1) is 0 Å². The Morgan fingerprint density at radius 3 is 1.15 bits per heavy atom. The molecule has 8 aromatic carbocycles. The number of imidazole rings is 2. The molecule has 0 N–H and O–H groups in total. The third-order valence-electron chi connectivity index (χ3n) is 12.3. The zero-order valence-electron chi connectivity index (χ0n) is 32.3. The van der Waals surface area contributed by atoms with Gasteiger partial charge in [0.25, 0.3) is 0 Å². The molecule has 60 heavy (non-hydrogen) atoms. The Labute approximate surface area is 344 Å². The van der Waals surface area contributed by atoms with Gasteiger partial charge in [0.05, 0.1) is 44.5 Å². The van der Waals surface area contributed by atoms with Crippen molar-refractivity contribution in [1.29, 1.82) is 0 Å². The summed E-state index contributed by atoms with van der Waals surface area (Å²) in [5.41, 5.74) is 17.0. The Morgan fingerprint density at radius 1 is 0.250 bits per heavy atom. The van der Waals surface area contributed by atoms with E-state index in [9.17, 15) is 0 Å². The molecule has 0 fully saturated rings. The van der Waals surface area contributed by atoms with E-state index in [0.29, 0.717) is 0 Å². The van der Waals surface area contributed by atoms with E-state index in [2.05, 4.69) is 209 Å². The van der Waals surface area contributed by atoms with Crippen LogP contribution in [-0.4, -0.2) is 23.8 Å². The summed E-state index contributed by atoms with van der Waals surface area (Å²) >= 11 is 0. The van der Waals surface area contributed by atoms with E-state index >= 15 is 0 Å². The Hall–Kier alpha value is -8.15. The Balaban J connectivity index is 1.01. The van der Waals surface area contributed by atoms with Gasteiger partial charge in [0, 0.05) is 32.7 Å². The lowest BCUT2D eigenvalue weighted by atomic mass is 9.97. The topological polar surface area (TPSA) is 47.5 Å². The van der Waals surface area contributed by atoms with E-state index in [1.165, 1.54) is 33.0 Å². The quantitative estimate of drug-likeness (QED) is 0.168. The van der Waals surface area contributed by atoms with E-state index in [-0.39, 0.29) is 0 Å². The van der Waals surface area contributed by atoms with Crippen molar-refractivity contribution in [2.75, 3.05) is 0 Å². The van der Waals surface area contributed by atoms with Gasteiger partial charge < -0.3 is 0 Å². The molecule has 13 aromatic rings. The van der Waals surface area contributed by atoms with Crippen LogP contribution >= 0.6 is 0 Å². The Morgan fingerprint density at radius 2 is 0.667 bits per heavy atom. The lowest BCUT2D eigenvalue weighted by Crippen LogP contribution is -1.95. The minimum absolute atomic E-state index is 0.921. The van der Waals surface area contributed by atoms with Gasteiger partial charge in [-0.25, -0.2) is 15.0 Å². The number of nitrogens with zero attached hydrogens (tertiary/aromatic N) is 5. The molecule has 0 bridgehead atoms. The van der Waals surface area contributed by atoms with Gasteiger partial charge in [-0.2, -0.15) is 0 Å². The third kappa shape index (κ3) is 4.90. The lowest BCUT2D eigenvalue weighted by molar-refractivity contribution is 1.30. The largest absolute Gasteiger partial charge is 0.292 e. The number of aromatic nitrogens is 5. The van der Waals surface area contributed by atoms with Crippen LogP contribution in [0.4, 0.5) is 0 Å². The van der Waals surface area contributed by atoms with Gasteiger partial charge in [0.2, 0.25) is 0 Å². The fourth-order valence-corrected chi connectivity index (χ4v) is 9.41. The average molecular weight is 764 g/mol. The van der Waals surface area contributed by atoms with Crippen molar-refractivity contribution in [1.82, 2.24) is 23.8 Å². The molecular weight excluding hydrogens is 731 g/mol. The molecule has 0 atom stereocenters. The zero-order chi connectivity index (χ0) is 39.3. The number of hydrogen-bond donors (Lipinski definition) is 0. The maximum atomic E-state index is 5.38. The van der Waals surface area contributed by atoms with Crippen molar-refractivity contribution in [2.24, 2.45) is 0 Å². The minimum Gasteiger partial charge on any atom is -0.292 e. The van der Waals surface area contributed by atoms with Crippen LogP contribution in [0.25, 0.3) is 121 Å². The molecule has 0 aliphatic heterocycles. The summed E-state index contributed by atoms with van der Waals surface area (Å²) in [5, 5.41) is 6.90. The molecule has 5 heteroatoms. The van der Waals surface area contributed by atoms with Crippen LogP contribution in [0.5, 0.6) is 0 Å². The fraction of sp³-hybridized carbons (Fsp3) is 0. The number of benzene rings is 8. The molecule has 5 aromatic heterocycles. The normalized spacial score (nSPS) is 12.0. The summed E-state index contributed by atoms with van der Waals surface area (Å²) in [4.78, 5) is 15.7. The van der Waals surface area contributed by atoms with Gasteiger partial charge in [0.15, 0.2) is 0 Å². The van der Waals surface area contributed by atoms with Crippen molar-refractivity contribution in [3.05, 3.63) is 200 Å². The number of rotatable bonds is 4. The van der Waals surface area contributed by atoms with Gasteiger partial charge >= 0.3 is 0 Å². The molecule has 0 unspecified atom stereocenters. The highest BCUT2D eigenvalue weighted by molar-refractivity contribution is 6.17. The van der Waals surface area contributed by atoms with E-state index in [1.807, 2.05) is 0 Å². The predicted molar refractivity (Wildman–Crippen MR) is 249 cm³/mol. The van der Waals surface area contributed by atoms with Gasteiger partial charge in [-0.05, 0) is 118 Å². The van der Waals surface area contributed by atoms with Crippen molar-refractivity contribution < 1.29 is 0 Å². The van der Waals surface area contributed by atoms with E-state index < -0.39 is 0 Å². The molecule has 5 nitrogen and oxygen atoms in total. The van der Waals surface area contributed by atoms with E-state index in [4.69, 9.17) is 15.0 Å². The van der Waals surface area contributed by atoms with Crippen LogP contribution in [0.3, 0.4) is 0 Å². The first-order valence-electron chi connectivity index (χ1n) is 20.4. The molecule has 0 saturated heterocycles. The first-order chi connectivity index (χ1) is 29.7. The summed E-state index contributed by atoms with van der Waals surface area (Å²) < 4.78 is 4.62. The van der Waals surface area contributed by atoms with Crippen LogP contribution < -0.4 is 0 Å². The maximum Gasteiger partial charge on any atom is 0.146 e. The highest BCUT2D eigenvalue weighted by atomic mass is 15.0. The molecule has 0 radical (unpaired) electrons. The van der Waals surface area contributed by atoms with Crippen molar-refractivity contribution in [3.63, 3.8) is 0 Å². The molecule has 5 heterocycles. The van der Waals surface area contributed by atoms with Crippen LogP contribution in [0.2, 0.25) is 0 Å². The molecule has 13 rings (SSSR count). The molecule has 0 aliphatic rings. The van der Waals surface area contributed by atoms with Gasteiger partial charge in [-0.1, -0.05) is 115 Å². The second-order valence-electron chi connectivity index (χ2n) is 15.6. The van der Waals surface area contributed by atoms with Crippen molar-refractivity contribution in [2.45, 2.75) is 0 Å². The number of fused-ring (bicyclic) bond motifs is 16. The highest BCUT2D eigenvalue weighted by Crippen LogP contribution is 2.39. The minimum atomic E-state index is 0.921. The van der Waals surface area contributed by atoms with Crippen LogP contribution in [0.15, 0.2) is 200 Å². The summed E-state index contributed by atoms with van der Waals surface area (Å²) in [6.45, 7) is 0. The predicted octanol–water partition coefficient (Wildman–Crippen LogP) is 14.0. The number of pyridine rings is 3. The second kappa shape index (κ2) is 12.7. The van der Waals surface area contributed by atoms with Crippen molar-refractivity contribution in [3.8, 4) is 44.8 Å². The monoisotopic (exact) mass is 763 g/mol. The third-order valence-corrected chi connectivity index (χ3v) is 12.3. The Kier molecular flexibility index (Phi) is 6.95. The van der Waals surface area contributed by atoms with Crippen molar-refractivity contribution >= 4 is 76.7 Å². The molecular formula is C55H33N5. The number of para-hydroxylation sites is 4. The summed E-state index contributed by atoms with van der Waals surface area (Å²) in [6, 6.07) is 71.4. The lowest BCUT2D eigenvalue weighted by Gasteiger charge is -2.14. The first-order valence-corrected chi connectivity index (χ1v) is 20.4. The van der Waals surface area contributed by atoms with Crippen LogP contribution in [-0.2, 0) is 0 Å². The first kappa shape index (κ1) is 32.9. The van der Waals surface area contributed by atoms with Gasteiger partial charge in [-0.3, -0.25) is 8.80 Å². The van der Waals surface area contributed by atoms with E-state index in [0.717, 1.165) is 88.5 Å². The zero-order valence-corrected chi connectivity index (χ0v) is 32.3. The van der Waals surface area contributed by atoms with Gasteiger partial charge in [-0.15, -0.1) is 0 Å². The number of hydrogen-bond acceptors (Lipinski definition) is 3. The highest BCUT2D eigenvalue weighted by Gasteiger charge is 2.18. The summed E-state index contributed by atoms with van der Waals surface area (Å²) in [5.74, 6) is 0. The summed E-state index contributed by atoms with van der Waals surface area (Å²) in [6.07, 6.45) is 0. The molecule has 0 aliphatic carbocycles. The molecule has 0 spiro atoms. The fourth-order valence-electron chi connectivity index (χ4n) is 9.41. The Bertz CT molecular complexity index is 3630. The standard InChI is InChI=1S/C55H33N5/c1-3-12-34(13-4-1)36-22-26-40-42(30-36)44-32-38(24-28-50(44)59-52-20-9-7-16-48(52)57-54(40)59)46-18-11-19-47(56-46)39-25-29-51-45(33-39)43-31-37(35-14-5-2-6-15-35)23-27-41(43)55-58-49-17-8-10-21-53(49)60(51)55/h1-33H. The smallest absolute Gasteiger partial charge is 0.146 e. The average Bonchev–Trinajstić information content (AvgIpc) is 3.92. The second-order valence-corrected chi connectivity index (χ2v) is 15.6. The van der Waals surface area contributed by atoms with Crippen LogP contribution in [0.1, 0.15) is 0 Å². The summed E-state index contributed by atoms with van der Waals surface area (Å²) in [7, 11) is 0. The van der Waals surface area contributed by atoms with E-state index in [1.54, 1.807) is 0 Å². The maximum absolute atomic E-state index is 5.38. The van der Waals surface area contributed by atoms with Gasteiger partial charge in [0.1, 0.15) is 11.3 Å². The molecule has 278 valence electrons. The SMILES string of the molecule is c1ccc(-c2ccc3c(c2)c2cc(-c4cccc(-c5ccc6c(c5)c5cc(-c7ccccc7)ccc5c5nc7ccccc7n65)n4)ccc2n2c4ccccc4nc32)cc1. The molecule has 0 amide bonds.